The van der Waals surface area contributed by atoms with E-state index in [0.29, 0.717) is 0 Å². The lowest BCUT2D eigenvalue weighted by atomic mass is 9.93. The predicted molar refractivity (Wildman–Crippen MR) is 121 cm³/mol. The molecule has 0 aliphatic heterocycles. The van der Waals surface area contributed by atoms with E-state index >= 15 is 0 Å². The lowest BCUT2D eigenvalue weighted by Crippen LogP contribution is -2.35. The van der Waals surface area contributed by atoms with E-state index in [0.717, 1.165) is 0 Å². The largest absolute Gasteiger partial charge is 0.226 e. The van der Waals surface area contributed by atoms with Gasteiger partial charge in [-0.3, -0.25) is 0 Å². The Morgan fingerprint density at radius 1 is 0.552 bits per heavy atom. The number of rotatable bonds is 3. The third-order valence-electron chi connectivity index (χ3n) is 5.46. The zero-order chi connectivity index (χ0) is 19.6. The standard InChI is InChI=1S/C28H22N/c1-21-12-8-11-19-26(21)29-20-24-17-9-10-18-25(24)27(22-13-4-2-5-14-22)28(29)23-15-6-3-7-16-23/h2-20H,1H3/q+1. The number of para-hydroxylation sites is 1. The fourth-order valence-electron chi connectivity index (χ4n) is 4.09. The Labute approximate surface area is 171 Å². The number of aryl methyl sites for hydroxylation is 1. The first-order valence-electron chi connectivity index (χ1n) is 9.97. The first kappa shape index (κ1) is 17.4. The summed E-state index contributed by atoms with van der Waals surface area (Å²) in [7, 11) is 0. The van der Waals surface area contributed by atoms with Crippen molar-refractivity contribution in [3.8, 4) is 28.1 Å². The van der Waals surface area contributed by atoms with Gasteiger partial charge in [0, 0.05) is 28.0 Å². The Balaban J connectivity index is 1.99. The predicted octanol–water partition coefficient (Wildman–Crippen LogP) is 6.76. The Morgan fingerprint density at radius 2 is 1.14 bits per heavy atom. The summed E-state index contributed by atoms with van der Waals surface area (Å²) in [6.07, 6.45) is 2.27. The molecule has 0 aliphatic rings. The van der Waals surface area contributed by atoms with Crippen LogP contribution in [0.25, 0.3) is 38.8 Å². The third kappa shape index (κ3) is 3.11. The zero-order valence-electron chi connectivity index (χ0n) is 16.4. The van der Waals surface area contributed by atoms with Crippen LogP contribution >= 0.6 is 0 Å². The number of hydrogen-bond acceptors (Lipinski definition) is 0. The highest BCUT2D eigenvalue weighted by molar-refractivity contribution is 6.01. The van der Waals surface area contributed by atoms with E-state index in [1.807, 2.05) is 0 Å². The Hall–Kier alpha value is -3.71. The normalized spacial score (nSPS) is 10.9. The summed E-state index contributed by atoms with van der Waals surface area (Å²) in [6.45, 7) is 2.18. The van der Waals surface area contributed by atoms with Crippen molar-refractivity contribution >= 4 is 10.8 Å². The second kappa shape index (κ2) is 7.37. The van der Waals surface area contributed by atoms with E-state index in [9.17, 15) is 0 Å². The number of nitrogens with zero attached hydrogens (tertiary/aromatic N) is 1. The maximum Gasteiger partial charge on any atom is 0.226 e. The van der Waals surface area contributed by atoms with Gasteiger partial charge < -0.3 is 0 Å². The maximum atomic E-state index is 2.36. The highest BCUT2D eigenvalue weighted by Gasteiger charge is 2.25. The lowest BCUT2D eigenvalue weighted by molar-refractivity contribution is -0.582. The molecule has 29 heavy (non-hydrogen) atoms. The molecule has 0 unspecified atom stereocenters. The molecule has 1 heterocycles. The van der Waals surface area contributed by atoms with Gasteiger partial charge in [0.2, 0.25) is 11.4 Å². The molecule has 138 valence electrons. The molecule has 0 N–H and O–H groups in total. The molecule has 0 bridgehead atoms. The van der Waals surface area contributed by atoms with E-state index in [1.54, 1.807) is 0 Å². The van der Waals surface area contributed by atoms with Crippen LogP contribution in [-0.2, 0) is 0 Å². The first-order valence-corrected chi connectivity index (χ1v) is 9.97. The minimum Gasteiger partial charge on any atom is -0.159 e. The van der Waals surface area contributed by atoms with Crippen molar-refractivity contribution in [3.63, 3.8) is 0 Å². The van der Waals surface area contributed by atoms with Crippen LogP contribution in [-0.4, -0.2) is 0 Å². The van der Waals surface area contributed by atoms with Crippen molar-refractivity contribution < 1.29 is 4.57 Å². The molecule has 0 atom stereocenters. The van der Waals surface area contributed by atoms with Crippen LogP contribution in [0.1, 0.15) is 5.56 Å². The minimum atomic E-state index is 1.20. The van der Waals surface area contributed by atoms with Gasteiger partial charge in [0.15, 0.2) is 6.20 Å². The topological polar surface area (TPSA) is 3.88 Å². The molecule has 0 spiro atoms. The average molecular weight is 372 g/mol. The summed E-state index contributed by atoms with van der Waals surface area (Å²) in [4.78, 5) is 0. The summed E-state index contributed by atoms with van der Waals surface area (Å²) in [5.41, 5.74) is 7.37. The van der Waals surface area contributed by atoms with Gasteiger partial charge in [0.05, 0.1) is 5.56 Å². The summed E-state index contributed by atoms with van der Waals surface area (Å²) in [5, 5.41) is 2.50. The summed E-state index contributed by atoms with van der Waals surface area (Å²) in [6, 6.07) is 38.7. The number of hydrogen-bond donors (Lipinski definition) is 0. The molecule has 0 radical (unpaired) electrons. The van der Waals surface area contributed by atoms with E-state index in [1.165, 1.54) is 44.4 Å². The van der Waals surface area contributed by atoms with Crippen molar-refractivity contribution in [1.29, 1.82) is 0 Å². The highest BCUT2D eigenvalue weighted by atomic mass is 15.0. The molecule has 1 aromatic heterocycles. The molecule has 0 fully saturated rings. The number of aromatic nitrogens is 1. The van der Waals surface area contributed by atoms with Crippen LogP contribution in [0.15, 0.2) is 115 Å². The van der Waals surface area contributed by atoms with Crippen LogP contribution in [0.2, 0.25) is 0 Å². The van der Waals surface area contributed by atoms with Gasteiger partial charge in [0.25, 0.3) is 0 Å². The minimum absolute atomic E-state index is 1.20. The van der Waals surface area contributed by atoms with E-state index < -0.39 is 0 Å². The van der Waals surface area contributed by atoms with Gasteiger partial charge in [-0.15, -0.1) is 0 Å². The van der Waals surface area contributed by atoms with Gasteiger partial charge in [-0.2, -0.15) is 4.57 Å². The molecule has 5 rings (SSSR count). The van der Waals surface area contributed by atoms with Gasteiger partial charge in [-0.05, 0) is 30.7 Å². The highest BCUT2D eigenvalue weighted by Crippen LogP contribution is 2.36. The van der Waals surface area contributed by atoms with Crippen molar-refractivity contribution in [1.82, 2.24) is 0 Å². The fraction of sp³-hybridized carbons (Fsp3) is 0.0357. The van der Waals surface area contributed by atoms with Crippen LogP contribution < -0.4 is 4.57 Å². The maximum absolute atomic E-state index is 2.36. The van der Waals surface area contributed by atoms with Crippen molar-refractivity contribution in [2.24, 2.45) is 0 Å². The van der Waals surface area contributed by atoms with Gasteiger partial charge in [0.1, 0.15) is 0 Å². The van der Waals surface area contributed by atoms with Crippen molar-refractivity contribution in [3.05, 3.63) is 121 Å². The van der Waals surface area contributed by atoms with Gasteiger partial charge in [-0.1, -0.05) is 84.9 Å². The molecular weight excluding hydrogens is 350 g/mol. The smallest absolute Gasteiger partial charge is 0.159 e. The third-order valence-corrected chi connectivity index (χ3v) is 5.46. The molecule has 4 aromatic carbocycles. The van der Waals surface area contributed by atoms with Crippen molar-refractivity contribution in [2.45, 2.75) is 6.92 Å². The summed E-state index contributed by atoms with van der Waals surface area (Å²) in [5.74, 6) is 0. The van der Waals surface area contributed by atoms with Crippen molar-refractivity contribution in [2.75, 3.05) is 0 Å². The quantitative estimate of drug-likeness (QED) is 0.308. The Kier molecular flexibility index (Phi) is 4.42. The molecule has 0 saturated carbocycles. The van der Waals surface area contributed by atoms with Crippen LogP contribution in [0.5, 0.6) is 0 Å². The van der Waals surface area contributed by atoms with E-state index in [4.69, 9.17) is 0 Å². The molecule has 0 aliphatic carbocycles. The lowest BCUT2D eigenvalue weighted by Gasteiger charge is -2.14. The summed E-state index contributed by atoms with van der Waals surface area (Å²) < 4.78 is 2.36. The first-order chi connectivity index (χ1) is 14.3. The molecule has 1 heteroatoms. The molecule has 5 aromatic rings. The molecule has 0 saturated heterocycles. The second-order valence-corrected chi connectivity index (χ2v) is 7.33. The van der Waals surface area contributed by atoms with Gasteiger partial charge in [-0.25, -0.2) is 0 Å². The molecule has 0 amide bonds. The monoisotopic (exact) mass is 372 g/mol. The number of fused-ring (bicyclic) bond motifs is 1. The van der Waals surface area contributed by atoms with Crippen LogP contribution in [0.4, 0.5) is 0 Å². The SMILES string of the molecule is Cc1ccccc1-[n+]1cc2ccccc2c(-c2ccccc2)c1-c1ccccc1. The van der Waals surface area contributed by atoms with E-state index in [2.05, 4.69) is 127 Å². The van der Waals surface area contributed by atoms with Gasteiger partial charge >= 0.3 is 0 Å². The molecular formula is C28H22N+. The summed E-state index contributed by atoms with van der Waals surface area (Å²) >= 11 is 0. The zero-order valence-corrected chi connectivity index (χ0v) is 16.4. The molecule has 1 nitrogen and oxygen atoms in total. The second-order valence-electron chi connectivity index (χ2n) is 7.33. The number of pyridine rings is 1. The van der Waals surface area contributed by atoms with Crippen LogP contribution in [0.3, 0.4) is 0 Å². The Bertz CT molecular complexity index is 1290. The van der Waals surface area contributed by atoms with Crippen LogP contribution in [0, 0.1) is 6.92 Å². The fourth-order valence-corrected chi connectivity index (χ4v) is 4.09. The Morgan fingerprint density at radius 3 is 1.86 bits per heavy atom. The van der Waals surface area contributed by atoms with E-state index in [-0.39, 0.29) is 0 Å². The number of benzene rings is 4. The average Bonchev–Trinajstić information content (AvgIpc) is 2.79.